The molecule has 0 atom stereocenters. The van der Waals surface area contributed by atoms with Crippen molar-refractivity contribution in [1.82, 2.24) is 15.2 Å². The van der Waals surface area contributed by atoms with Crippen molar-refractivity contribution in [3.8, 4) is 0 Å². The molecule has 1 saturated heterocycles. The molecule has 3 N–H and O–H groups in total. The molecule has 0 unspecified atom stereocenters. The van der Waals surface area contributed by atoms with Crippen molar-refractivity contribution in [3.05, 3.63) is 51.3 Å². The number of aromatic nitrogens is 1. The Labute approximate surface area is 178 Å². The van der Waals surface area contributed by atoms with Gasteiger partial charge in [-0.2, -0.15) is 0 Å². The van der Waals surface area contributed by atoms with Crippen molar-refractivity contribution in [3.63, 3.8) is 0 Å². The van der Waals surface area contributed by atoms with E-state index in [4.69, 9.17) is 0 Å². The summed E-state index contributed by atoms with van der Waals surface area (Å²) in [5.41, 5.74) is 4.45. The number of anilines is 1. The van der Waals surface area contributed by atoms with Crippen molar-refractivity contribution in [2.24, 2.45) is 0 Å². The fourth-order valence-electron chi connectivity index (χ4n) is 3.90. The number of aryl methyl sites for hydroxylation is 1. The molecule has 2 aromatic rings. The van der Waals surface area contributed by atoms with Gasteiger partial charge in [-0.1, -0.05) is 15.9 Å². The van der Waals surface area contributed by atoms with Crippen molar-refractivity contribution in [1.29, 1.82) is 0 Å². The number of benzene rings is 1. The van der Waals surface area contributed by atoms with Crippen LogP contribution in [0.15, 0.2) is 28.7 Å². The third kappa shape index (κ3) is 4.46. The number of nitrogens with one attached hydrogen (secondary N) is 3. The van der Waals surface area contributed by atoms with Gasteiger partial charge in [0, 0.05) is 28.0 Å². The number of fused-ring (bicyclic) bond motifs is 1. The number of hydrogen-bond acceptors (Lipinski definition) is 3. The highest BCUT2D eigenvalue weighted by atomic mass is 79.9. The van der Waals surface area contributed by atoms with E-state index in [1.165, 1.54) is 25.9 Å². The van der Waals surface area contributed by atoms with Gasteiger partial charge in [0.2, 0.25) is 0 Å². The topological polar surface area (TPSA) is 77.2 Å². The van der Waals surface area contributed by atoms with Crippen LogP contribution in [0.3, 0.4) is 0 Å². The molecule has 1 fully saturated rings. The molecule has 0 radical (unpaired) electrons. The quantitative estimate of drug-likeness (QED) is 0.456. The average Bonchev–Trinajstić information content (AvgIpc) is 3.40. The van der Waals surface area contributed by atoms with E-state index >= 15 is 0 Å². The summed E-state index contributed by atoms with van der Waals surface area (Å²) in [5.74, 6) is -0.252. The Morgan fingerprint density at radius 1 is 1.28 bits per heavy atom. The molecule has 2 aliphatic rings. The summed E-state index contributed by atoms with van der Waals surface area (Å²) in [4.78, 5) is 30.5. The van der Waals surface area contributed by atoms with Crippen LogP contribution in [0.5, 0.6) is 0 Å². The molecule has 3 heterocycles. The van der Waals surface area contributed by atoms with Crippen molar-refractivity contribution < 1.29 is 9.59 Å². The maximum atomic E-state index is 12.5. The van der Waals surface area contributed by atoms with Gasteiger partial charge in [0.25, 0.3) is 11.8 Å². The summed E-state index contributed by atoms with van der Waals surface area (Å²) >= 11 is 3.46. The van der Waals surface area contributed by atoms with Crippen LogP contribution in [0.2, 0.25) is 0 Å². The molecule has 0 aliphatic carbocycles. The highest BCUT2D eigenvalue weighted by molar-refractivity contribution is 9.10. The third-order valence-electron chi connectivity index (χ3n) is 5.49. The molecule has 1 aromatic heterocycles. The van der Waals surface area contributed by atoms with E-state index in [0.717, 1.165) is 39.9 Å². The average molecular weight is 457 g/mol. The molecule has 7 heteroatoms. The first-order valence-electron chi connectivity index (χ1n) is 10.0. The van der Waals surface area contributed by atoms with Gasteiger partial charge in [-0.25, -0.2) is 0 Å². The molecule has 6 nitrogen and oxygen atoms in total. The van der Waals surface area contributed by atoms with E-state index in [1.54, 1.807) is 0 Å². The number of likely N-dealkylation sites (tertiary alicyclic amines) is 1. The van der Waals surface area contributed by atoms with E-state index in [9.17, 15) is 9.59 Å². The molecular weight excluding hydrogens is 432 g/mol. The zero-order valence-electron chi connectivity index (χ0n) is 16.5. The molecular formula is C22H25BrN4O2. The first kappa shape index (κ1) is 19.9. The molecule has 2 aliphatic heterocycles. The van der Waals surface area contributed by atoms with Gasteiger partial charge < -0.3 is 20.5 Å². The minimum atomic E-state index is -0.139. The largest absolute Gasteiger partial charge is 0.351 e. The van der Waals surface area contributed by atoms with Crippen LogP contribution in [0.4, 0.5) is 5.69 Å². The minimum Gasteiger partial charge on any atom is -0.351 e. The lowest BCUT2D eigenvalue weighted by molar-refractivity contribution is -0.110. The lowest BCUT2D eigenvalue weighted by atomic mass is 10.1. The van der Waals surface area contributed by atoms with Crippen molar-refractivity contribution in [2.45, 2.75) is 26.2 Å². The zero-order chi connectivity index (χ0) is 20.4. The number of rotatable bonds is 6. The normalized spacial score (nSPS) is 17.6. The molecule has 0 spiro atoms. The second kappa shape index (κ2) is 8.55. The van der Waals surface area contributed by atoms with Crippen LogP contribution in [0.1, 0.15) is 46.6 Å². The van der Waals surface area contributed by atoms with Crippen LogP contribution in [0, 0.1) is 6.92 Å². The van der Waals surface area contributed by atoms with Crippen LogP contribution in [0.25, 0.3) is 11.6 Å². The number of H-pyrrole nitrogens is 1. The van der Waals surface area contributed by atoms with Gasteiger partial charge in [0.05, 0.1) is 5.57 Å². The van der Waals surface area contributed by atoms with Crippen LogP contribution >= 0.6 is 15.9 Å². The molecule has 2 amide bonds. The van der Waals surface area contributed by atoms with Crippen molar-refractivity contribution >= 4 is 45.1 Å². The Bertz CT molecular complexity index is 973. The second-order valence-corrected chi connectivity index (χ2v) is 8.56. The van der Waals surface area contributed by atoms with E-state index in [2.05, 4.69) is 36.4 Å². The number of carbonyl (C=O) groups excluding carboxylic acids is 2. The highest BCUT2D eigenvalue weighted by Gasteiger charge is 2.25. The number of hydrogen-bond donors (Lipinski definition) is 3. The highest BCUT2D eigenvalue weighted by Crippen LogP contribution is 2.35. The first-order valence-corrected chi connectivity index (χ1v) is 10.8. The van der Waals surface area contributed by atoms with Crippen LogP contribution in [-0.2, 0) is 4.79 Å². The predicted molar refractivity (Wildman–Crippen MR) is 119 cm³/mol. The summed E-state index contributed by atoms with van der Waals surface area (Å²) < 4.78 is 0.913. The smallest absolute Gasteiger partial charge is 0.267 e. The Hall–Kier alpha value is -2.38. The van der Waals surface area contributed by atoms with Gasteiger partial charge in [0.15, 0.2) is 0 Å². The fourth-order valence-corrected chi connectivity index (χ4v) is 4.26. The second-order valence-electron chi connectivity index (χ2n) is 7.64. The van der Waals surface area contributed by atoms with Gasteiger partial charge in [-0.15, -0.1) is 0 Å². The van der Waals surface area contributed by atoms with Gasteiger partial charge in [-0.05, 0) is 81.7 Å². The Morgan fingerprint density at radius 2 is 2.07 bits per heavy atom. The SMILES string of the molecule is Cc1cc(C(=O)NCCCN2CCCC2)[nH]c1C=C1C(=O)Nc2ccc(Br)cc21. The molecule has 152 valence electrons. The van der Waals surface area contributed by atoms with Gasteiger partial charge >= 0.3 is 0 Å². The summed E-state index contributed by atoms with van der Waals surface area (Å²) in [7, 11) is 0. The Kier molecular flexibility index (Phi) is 5.87. The van der Waals surface area contributed by atoms with E-state index in [1.807, 2.05) is 37.3 Å². The summed E-state index contributed by atoms with van der Waals surface area (Å²) in [6.07, 6.45) is 5.33. The lowest BCUT2D eigenvalue weighted by Gasteiger charge is -2.14. The fraction of sp³-hybridized carbons (Fsp3) is 0.364. The maximum absolute atomic E-state index is 12.5. The number of amides is 2. The molecule has 0 saturated carbocycles. The molecule has 4 rings (SSSR count). The first-order chi connectivity index (χ1) is 14.0. The zero-order valence-corrected chi connectivity index (χ0v) is 18.1. The predicted octanol–water partition coefficient (Wildman–Crippen LogP) is 3.79. The number of aromatic amines is 1. The van der Waals surface area contributed by atoms with Crippen LogP contribution in [-0.4, -0.2) is 47.9 Å². The third-order valence-corrected chi connectivity index (χ3v) is 5.98. The van der Waals surface area contributed by atoms with Gasteiger partial charge in [0.1, 0.15) is 5.69 Å². The number of halogens is 1. The number of nitrogens with zero attached hydrogens (tertiary/aromatic N) is 1. The standard InChI is InChI=1S/C22H25BrN4O2/c1-14-11-20(22(29)24-7-4-10-27-8-2-3-9-27)25-19(14)13-17-16-12-15(23)5-6-18(16)26-21(17)28/h5-6,11-13,25H,2-4,7-10H2,1H3,(H,24,29)(H,26,28). The van der Waals surface area contributed by atoms with E-state index < -0.39 is 0 Å². The molecule has 1 aromatic carbocycles. The van der Waals surface area contributed by atoms with E-state index in [-0.39, 0.29) is 11.8 Å². The monoisotopic (exact) mass is 456 g/mol. The number of carbonyl (C=O) groups is 2. The lowest BCUT2D eigenvalue weighted by Crippen LogP contribution is -2.28. The molecule has 0 bridgehead atoms. The van der Waals surface area contributed by atoms with E-state index in [0.29, 0.717) is 17.8 Å². The van der Waals surface area contributed by atoms with Crippen LogP contribution < -0.4 is 10.6 Å². The Balaban J connectivity index is 1.43. The van der Waals surface area contributed by atoms with Crippen molar-refractivity contribution in [2.75, 3.05) is 31.5 Å². The summed E-state index contributed by atoms with van der Waals surface area (Å²) in [6.45, 7) is 5.98. The summed E-state index contributed by atoms with van der Waals surface area (Å²) in [6, 6.07) is 7.52. The van der Waals surface area contributed by atoms with Gasteiger partial charge in [-0.3, -0.25) is 9.59 Å². The minimum absolute atomic E-state index is 0.113. The molecule has 29 heavy (non-hydrogen) atoms. The Morgan fingerprint density at radius 3 is 2.86 bits per heavy atom. The summed E-state index contributed by atoms with van der Waals surface area (Å²) in [5, 5.41) is 5.86. The maximum Gasteiger partial charge on any atom is 0.267 e.